The Hall–Kier alpha value is -2.21. The van der Waals surface area contributed by atoms with Crippen molar-refractivity contribution in [3.63, 3.8) is 0 Å². The van der Waals surface area contributed by atoms with Crippen molar-refractivity contribution in [2.24, 2.45) is 5.92 Å². The van der Waals surface area contributed by atoms with Crippen LogP contribution in [0.1, 0.15) is 12.8 Å². The van der Waals surface area contributed by atoms with Crippen molar-refractivity contribution in [1.82, 2.24) is 25.0 Å². The van der Waals surface area contributed by atoms with Gasteiger partial charge in [-0.2, -0.15) is 9.78 Å². The fourth-order valence-electron chi connectivity index (χ4n) is 3.50. The van der Waals surface area contributed by atoms with Crippen molar-refractivity contribution in [3.8, 4) is 11.3 Å². The molecule has 22 heavy (non-hydrogen) atoms. The van der Waals surface area contributed by atoms with Gasteiger partial charge in [0.2, 0.25) is 0 Å². The van der Waals surface area contributed by atoms with E-state index in [0.717, 1.165) is 30.1 Å². The van der Waals surface area contributed by atoms with Crippen LogP contribution >= 0.6 is 0 Å². The molecule has 114 valence electrons. The zero-order valence-corrected chi connectivity index (χ0v) is 12.4. The van der Waals surface area contributed by atoms with Gasteiger partial charge in [-0.05, 0) is 37.4 Å². The van der Waals surface area contributed by atoms with Gasteiger partial charge in [-0.1, -0.05) is 6.07 Å². The van der Waals surface area contributed by atoms with Gasteiger partial charge in [0, 0.05) is 37.1 Å². The van der Waals surface area contributed by atoms with E-state index in [0.29, 0.717) is 0 Å². The molecule has 2 aromatic heterocycles. The highest BCUT2D eigenvalue weighted by Gasteiger charge is 2.33. The van der Waals surface area contributed by atoms with Crippen molar-refractivity contribution in [2.75, 3.05) is 19.6 Å². The molecule has 2 bridgehead atoms. The van der Waals surface area contributed by atoms with Gasteiger partial charge >= 0.3 is 6.03 Å². The molecule has 2 aliphatic heterocycles. The molecule has 0 aliphatic carbocycles. The Balaban J connectivity index is 1.44. The van der Waals surface area contributed by atoms with Crippen LogP contribution in [-0.4, -0.2) is 51.4 Å². The summed E-state index contributed by atoms with van der Waals surface area (Å²) in [6.45, 7) is 3.32. The Labute approximate surface area is 129 Å². The molecule has 2 aliphatic rings. The van der Waals surface area contributed by atoms with Crippen LogP contribution in [0.3, 0.4) is 0 Å². The van der Waals surface area contributed by atoms with Gasteiger partial charge in [-0.25, -0.2) is 4.79 Å². The molecule has 4 rings (SSSR count). The molecule has 2 fully saturated rings. The van der Waals surface area contributed by atoms with Gasteiger partial charge in [0.15, 0.2) is 0 Å². The number of rotatable bonds is 2. The normalized spacial score (nSPS) is 26.8. The Morgan fingerprint density at radius 1 is 1.32 bits per heavy atom. The molecule has 3 atom stereocenters. The van der Waals surface area contributed by atoms with Gasteiger partial charge < -0.3 is 10.2 Å². The van der Waals surface area contributed by atoms with E-state index in [-0.39, 0.29) is 12.1 Å². The lowest BCUT2D eigenvalue weighted by Crippen LogP contribution is -2.48. The van der Waals surface area contributed by atoms with Crippen molar-refractivity contribution < 1.29 is 4.79 Å². The summed E-state index contributed by atoms with van der Waals surface area (Å²) in [5.74, 6) is 0.737. The van der Waals surface area contributed by atoms with E-state index in [2.05, 4.69) is 20.3 Å². The van der Waals surface area contributed by atoms with Gasteiger partial charge in [0.25, 0.3) is 0 Å². The molecule has 0 radical (unpaired) electrons. The standard InChI is InChI=1S/C16H19N5O/c22-16(19-14-7-12-4-6-20(9-12)11-14)21-10-13(8-18-21)15-3-1-2-5-17-15/h1-3,5,8,10,12,14H,4,6-7,9,11H2,(H,19,22)/t12-,14-/m1/s1. The van der Waals surface area contributed by atoms with Crippen LogP contribution in [0.2, 0.25) is 0 Å². The summed E-state index contributed by atoms with van der Waals surface area (Å²) in [6, 6.07) is 5.77. The van der Waals surface area contributed by atoms with Crippen LogP contribution in [0.5, 0.6) is 0 Å². The summed E-state index contributed by atoms with van der Waals surface area (Å²) in [5.41, 5.74) is 1.67. The number of nitrogens with zero attached hydrogens (tertiary/aromatic N) is 4. The third kappa shape index (κ3) is 2.62. The smallest absolute Gasteiger partial charge is 0.332 e. The number of nitrogens with one attached hydrogen (secondary N) is 1. The maximum Gasteiger partial charge on any atom is 0.342 e. The zero-order valence-electron chi connectivity index (χ0n) is 12.4. The summed E-state index contributed by atoms with van der Waals surface area (Å²) in [7, 11) is 0. The minimum absolute atomic E-state index is 0.158. The van der Waals surface area contributed by atoms with Gasteiger partial charge in [0.05, 0.1) is 11.9 Å². The molecule has 6 heteroatoms. The van der Waals surface area contributed by atoms with E-state index in [1.165, 1.54) is 24.2 Å². The largest absolute Gasteiger partial charge is 0.342 e. The number of hydrogen-bond donors (Lipinski definition) is 1. The first-order valence-corrected chi connectivity index (χ1v) is 7.77. The highest BCUT2D eigenvalue weighted by Crippen LogP contribution is 2.26. The Kier molecular flexibility index (Phi) is 3.38. The Morgan fingerprint density at radius 2 is 2.27 bits per heavy atom. The van der Waals surface area contributed by atoms with Gasteiger partial charge in [0.1, 0.15) is 0 Å². The van der Waals surface area contributed by atoms with Crippen molar-refractivity contribution >= 4 is 6.03 Å². The lowest BCUT2D eigenvalue weighted by molar-refractivity contribution is 0.204. The number of carbonyl (C=O) groups excluding carboxylic acids is 1. The summed E-state index contributed by atoms with van der Waals surface area (Å²) >= 11 is 0. The number of aromatic nitrogens is 3. The lowest BCUT2D eigenvalue weighted by Gasteiger charge is -2.30. The van der Waals surface area contributed by atoms with Crippen LogP contribution < -0.4 is 5.32 Å². The van der Waals surface area contributed by atoms with Crippen LogP contribution in [0.25, 0.3) is 11.3 Å². The topological polar surface area (TPSA) is 63.1 Å². The summed E-state index contributed by atoms with van der Waals surface area (Å²) < 4.78 is 1.37. The van der Waals surface area contributed by atoms with E-state index in [1.807, 2.05) is 18.2 Å². The van der Waals surface area contributed by atoms with Gasteiger partial charge in [-0.15, -0.1) is 0 Å². The minimum atomic E-state index is -0.158. The number of carbonyl (C=O) groups is 1. The van der Waals surface area contributed by atoms with Crippen molar-refractivity contribution in [1.29, 1.82) is 0 Å². The zero-order chi connectivity index (χ0) is 14.9. The molecular formula is C16H19N5O. The molecule has 2 saturated heterocycles. The Bertz CT molecular complexity index is 656. The molecule has 2 aromatic rings. The number of fused-ring (bicyclic) bond motifs is 2. The van der Waals surface area contributed by atoms with Crippen molar-refractivity contribution in [3.05, 3.63) is 36.8 Å². The monoisotopic (exact) mass is 297 g/mol. The number of piperidine rings is 1. The second-order valence-electron chi connectivity index (χ2n) is 6.18. The fraction of sp³-hybridized carbons (Fsp3) is 0.438. The lowest BCUT2D eigenvalue weighted by atomic mass is 9.97. The van der Waals surface area contributed by atoms with E-state index in [9.17, 15) is 4.79 Å². The first-order valence-electron chi connectivity index (χ1n) is 7.77. The molecule has 6 nitrogen and oxygen atoms in total. The first-order chi connectivity index (χ1) is 10.8. The molecule has 0 spiro atoms. The Morgan fingerprint density at radius 3 is 3.09 bits per heavy atom. The maximum absolute atomic E-state index is 12.3. The summed E-state index contributed by atoms with van der Waals surface area (Å²) in [4.78, 5) is 19.0. The summed E-state index contributed by atoms with van der Waals surface area (Å²) in [5, 5.41) is 7.26. The molecule has 0 aromatic carbocycles. The van der Waals surface area contributed by atoms with E-state index in [4.69, 9.17) is 0 Å². The molecule has 4 heterocycles. The van der Waals surface area contributed by atoms with Crippen LogP contribution in [0.4, 0.5) is 4.79 Å². The average molecular weight is 297 g/mol. The SMILES string of the molecule is O=C(N[C@@H]1C[C@H]2CCN(C2)C1)n1cc(-c2ccccn2)cn1. The number of amides is 1. The minimum Gasteiger partial charge on any atom is -0.332 e. The predicted octanol–water partition coefficient (Wildman–Crippen LogP) is 1.60. The second-order valence-corrected chi connectivity index (χ2v) is 6.18. The van der Waals surface area contributed by atoms with Crippen LogP contribution in [0, 0.1) is 5.92 Å². The molecule has 0 saturated carbocycles. The third-order valence-corrected chi connectivity index (χ3v) is 4.55. The predicted molar refractivity (Wildman–Crippen MR) is 82.3 cm³/mol. The second kappa shape index (κ2) is 5.53. The quantitative estimate of drug-likeness (QED) is 0.914. The average Bonchev–Trinajstić information content (AvgIpc) is 3.15. The highest BCUT2D eigenvalue weighted by molar-refractivity contribution is 5.77. The van der Waals surface area contributed by atoms with Crippen LogP contribution in [0.15, 0.2) is 36.8 Å². The third-order valence-electron chi connectivity index (χ3n) is 4.55. The van der Waals surface area contributed by atoms with Gasteiger partial charge in [-0.3, -0.25) is 4.98 Å². The molecule has 1 amide bonds. The van der Waals surface area contributed by atoms with Crippen molar-refractivity contribution in [2.45, 2.75) is 18.9 Å². The van der Waals surface area contributed by atoms with E-state index < -0.39 is 0 Å². The number of pyridine rings is 1. The molecule has 1 N–H and O–H groups in total. The summed E-state index contributed by atoms with van der Waals surface area (Å²) in [6.07, 6.45) is 7.49. The maximum atomic E-state index is 12.3. The molecule has 1 unspecified atom stereocenters. The van der Waals surface area contributed by atoms with E-state index >= 15 is 0 Å². The first kappa shape index (κ1) is 13.5. The fourth-order valence-corrected chi connectivity index (χ4v) is 3.50. The highest BCUT2D eigenvalue weighted by atomic mass is 16.2. The van der Waals surface area contributed by atoms with E-state index in [1.54, 1.807) is 18.6 Å². The number of hydrogen-bond acceptors (Lipinski definition) is 4. The molecular weight excluding hydrogens is 278 g/mol. The van der Waals surface area contributed by atoms with Crippen LogP contribution in [-0.2, 0) is 0 Å².